The molecule has 0 saturated heterocycles. The van der Waals surface area contributed by atoms with Gasteiger partial charge in [-0.25, -0.2) is 9.80 Å². The molecule has 1 rings (SSSR count). The lowest BCUT2D eigenvalue weighted by atomic mass is 9.97. The van der Waals surface area contributed by atoms with Gasteiger partial charge in [-0.2, -0.15) is 5.10 Å². The van der Waals surface area contributed by atoms with Crippen LogP contribution in [0.25, 0.3) is 0 Å². The van der Waals surface area contributed by atoms with Gasteiger partial charge in [-0.15, -0.1) is 0 Å². The highest BCUT2D eigenvalue weighted by atomic mass is 16.2. The highest BCUT2D eigenvalue weighted by Gasteiger charge is 2.36. The van der Waals surface area contributed by atoms with Crippen LogP contribution in [0.5, 0.6) is 0 Å². The number of amides is 2. The predicted molar refractivity (Wildman–Crippen MR) is 48.1 cm³/mol. The second-order valence-corrected chi connectivity index (χ2v) is 3.61. The van der Waals surface area contributed by atoms with Crippen molar-refractivity contribution in [3.8, 4) is 0 Å². The molecule has 0 radical (unpaired) electrons. The van der Waals surface area contributed by atoms with Crippen LogP contribution < -0.4 is 0 Å². The first-order valence-corrected chi connectivity index (χ1v) is 3.94. The Morgan fingerprint density at radius 1 is 1.33 bits per heavy atom. The summed E-state index contributed by atoms with van der Waals surface area (Å²) < 4.78 is 0. The minimum Gasteiger partial charge on any atom is -0.316 e. The predicted octanol–water partition coefficient (Wildman–Crippen LogP) is 1.14. The van der Waals surface area contributed by atoms with Gasteiger partial charge >= 0.3 is 6.03 Å². The molecule has 1 aliphatic heterocycles. The lowest BCUT2D eigenvalue weighted by molar-refractivity contribution is 0.139. The Morgan fingerprint density at radius 2 is 1.83 bits per heavy atom. The van der Waals surface area contributed by atoms with Crippen molar-refractivity contribution in [1.29, 1.82) is 0 Å². The van der Waals surface area contributed by atoms with E-state index < -0.39 is 0 Å². The van der Waals surface area contributed by atoms with Gasteiger partial charge in [0.05, 0.1) is 11.3 Å². The van der Waals surface area contributed by atoms with Crippen LogP contribution in [0, 0.1) is 0 Å². The maximum Gasteiger partial charge on any atom is 0.340 e. The minimum atomic E-state index is -0.260. The lowest BCUT2D eigenvalue weighted by Gasteiger charge is -2.41. The van der Waals surface area contributed by atoms with Crippen LogP contribution in [0.4, 0.5) is 4.79 Å². The summed E-state index contributed by atoms with van der Waals surface area (Å²) in [6.07, 6.45) is 0. The first kappa shape index (κ1) is 9.03. The quantitative estimate of drug-likeness (QED) is 0.535. The summed E-state index contributed by atoms with van der Waals surface area (Å²) in [5.74, 6) is 0. The summed E-state index contributed by atoms with van der Waals surface area (Å²) in [6.45, 7) is 5.90. The number of rotatable bonds is 0. The van der Waals surface area contributed by atoms with E-state index in [-0.39, 0.29) is 11.6 Å². The zero-order valence-electron chi connectivity index (χ0n) is 8.25. The molecule has 0 aromatic heterocycles. The maximum atomic E-state index is 11.4. The summed E-state index contributed by atoms with van der Waals surface area (Å²) in [5, 5.41) is 5.49. The molecule has 0 N–H and O–H groups in total. The number of urea groups is 1. The molecule has 1 aliphatic rings. The van der Waals surface area contributed by atoms with E-state index in [1.165, 1.54) is 5.01 Å². The Hall–Kier alpha value is -1.06. The molecule has 0 aromatic rings. The normalized spacial score (nSPS) is 22.8. The van der Waals surface area contributed by atoms with Gasteiger partial charge in [0.15, 0.2) is 0 Å². The SMILES string of the molecule is CC1=NN(C)C(=O)N(C)C1(C)C. The van der Waals surface area contributed by atoms with Gasteiger partial charge in [-0.1, -0.05) is 0 Å². The molecule has 1 heterocycles. The fourth-order valence-electron chi connectivity index (χ4n) is 1.09. The average Bonchev–Trinajstić information content (AvgIpc) is 1.99. The van der Waals surface area contributed by atoms with E-state index in [0.717, 1.165) is 5.71 Å². The van der Waals surface area contributed by atoms with E-state index in [1.807, 2.05) is 20.8 Å². The number of nitrogens with zero attached hydrogens (tertiary/aromatic N) is 3. The zero-order valence-corrected chi connectivity index (χ0v) is 8.25. The summed E-state index contributed by atoms with van der Waals surface area (Å²) in [7, 11) is 3.45. The first-order valence-electron chi connectivity index (χ1n) is 3.94. The molecule has 4 nitrogen and oxygen atoms in total. The molecule has 68 valence electrons. The van der Waals surface area contributed by atoms with E-state index in [4.69, 9.17) is 0 Å². The van der Waals surface area contributed by atoms with Gasteiger partial charge in [-0.3, -0.25) is 0 Å². The Balaban J connectivity index is 3.09. The molecular weight excluding hydrogens is 154 g/mol. The topological polar surface area (TPSA) is 35.9 Å². The molecule has 0 saturated carbocycles. The van der Waals surface area contributed by atoms with Gasteiger partial charge in [0.1, 0.15) is 0 Å². The van der Waals surface area contributed by atoms with Crippen molar-refractivity contribution in [1.82, 2.24) is 9.91 Å². The summed E-state index contributed by atoms with van der Waals surface area (Å²) in [5.41, 5.74) is 0.691. The summed E-state index contributed by atoms with van der Waals surface area (Å²) in [6, 6.07) is -0.0643. The molecular formula is C8H15N3O. The molecule has 0 fully saturated rings. The van der Waals surface area contributed by atoms with E-state index in [1.54, 1.807) is 19.0 Å². The average molecular weight is 169 g/mol. The number of hydrogen-bond acceptors (Lipinski definition) is 2. The molecule has 12 heavy (non-hydrogen) atoms. The molecule has 0 atom stereocenters. The van der Waals surface area contributed by atoms with Crippen molar-refractivity contribution >= 4 is 11.7 Å². The maximum absolute atomic E-state index is 11.4. The number of hydrogen-bond donors (Lipinski definition) is 0. The highest BCUT2D eigenvalue weighted by molar-refractivity contribution is 5.97. The van der Waals surface area contributed by atoms with Crippen molar-refractivity contribution < 1.29 is 4.79 Å². The molecule has 2 amide bonds. The van der Waals surface area contributed by atoms with Gasteiger partial charge in [-0.05, 0) is 20.8 Å². The molecule has 0 aliphatic carbocycles. The first-order chi connectivity index (χ1) is 5.37. The van der Waals surface area contributed by atoms with Crippen LogP contribution in [0.3, 0.4) is 0 Å². The van der Waals surface area contributed by atoms with E-state index in [0.29, 0.717) is 0 Å². The third kappa shape index (κ3) is 1.07. The van der Waals surface area contributed by atoms with E-state index in [2.05, 4.69) is 5.10 Å². The van der Waals surface area contributed by atoms with Crippen LogP contribution in [0.15, 0.2) is 5.10 Å². The Morgan fingerprint density at radius 3 is 2.33 bits per heavy atom. The van der Waals surface area contributed by atoms with Gasteiger partial charge in [0, 0.05) is 14.1 Å². The van der Waals surface area contributed by atoms with Gasteiger partial charge in [0.25, 0.3) is 0 Å². The summed E-state index contributed by atoms with van der Waals surface area (Å²) in [4.78, 5) is 13.1. The van der Waals surface area contributed by atoms with Crippen molar-refractivity contribution in [2.24, 2.45) is 5.10 Å². The number of carbonyl (C=O) groups excluding carboxylic acids is 1. The largest absolute Gasteiger partial charge is 0.340 e. The molecule has 4 heteroatoms. The fourth-order valence-corrected chi connectivity index (χ4v) is 1.09. The molecule has 0 unspecified atom stereocenters. The van der Waals surface area contributed by atoms with Crippen molar-refractivity contribution in [3.05, 3.63) is 0 Å². The van der Waals surface area contributed by atoms with Crippen molar-refractivity contribution in [3.63, 3.8) is 0 Å². The third-order valence-corrected chi connectivity index (χ3v) is 2.59. The second-order valence-electron chi connectivity index (χ2n) is 3.61. The van der Waals surface area contributed by atoms with Crippen molar-refractivity contribution in [2.45, 2.75) is 26.3 Å². The third-order valence-electron chi connectivity index (χ3n) is 2.59. The van der Waals surface area contributed by atoms with Crippen molar-refractivity contribution in [2.75, 3.05) is 14.1 Å². The van der Waals surface area contributed by atoms with Crippen LogP contribution in [-0.2, 0) is 0 Å². The molecule has 0 spiro atoms. The van der Waals surface area contributed by atoms with Gasteiger partial charge in [0.2, 0.25) is 0 Å². The van der Waals surface area contributed by atoms with Crippen LogP contribution >= 0.6 is 0 Å². The number of carbonyl (C=O) groups is 1. The zero-order chi connectivity index (χ0) is 9.52. The van der Waals surface area contributed by atoms with Crippen LogP contribution in [0.1, 0.15) is 20.8 Å². The smallest absolute Gasteiger partial charge is 0.316 e. The van der Waals surface area contributed by atoms with Gasteiger partial charge < -0.3 is 4.90 Å². The Kier molecular flexibility index (Phi) is 1.86. The number of hydrazone groups is 1. The molecule has 0 bridgehead atoms. The van der Waals surface area contributed by atoms with E-state index in [9.17, 15) is 4.79 Å². The highest BCUT2D eigenvalue weighted by Crippen LogP contribution is 2.20. The van der Waals surface area contributed by atoms with Crippen LogP contribution in [-0.4, -0.2) is 41.3 Å². The fraction of sp³-hybridized carbons (Fsp3) is 0.750. The van der Waals surface area contributed by atoms with Crippen LogP contribution in [0.2, 0.25) is 0 Å². The lowest BCUT2D eigenvalue weighted by Crippen LogP contribution is -2.57. The Labute approximate surface area is 72.8 Å². The summed E-state index contributed by atoms with van der Waals surface area (Å²) >= 11 is 0. The second kappa shape index (κ2) is 2.47. The standard InChI is InChI=1S/C8H15N3O/c1-6-8(2,3)10(4)7(12)11(5)9-6/h1-5H3. The van der Waals surface area contributed by atoms with E-state index >= 15 is 0 Å². The molecule has 0 aromatic carbocycles. The Bertz CT molecular complexity index is 245. The minimum absolute atomic E-state index is 0.0643. The monoisotopic (exact) mass is 169 g/mol.